The van der Waals surface area contributed by atoms with E-state index < -0.39 is 11.9 Å². The van der Waals surface area contributed by atoms with E-state index >= 15 is 0 Å². The van der Waals surface area contributed by atoms with E-state index in [-0.39, 0.29) is 5.57 Å². The largest absolute Gasteiger partial charge is 0.494 e. The molecule has 0 bridgehead atoms. The first-order chi connectivity index (χ1) is 13.1. The molecule has 0 atom stereocenters. The normalized spacial score (nSPS) is 10.5. The number of esters is 1. The van der Waals surface area contributed by atoms with Crippen molar-refractivity contribution >= 4 is 23.3 Å². The van der Waals surface area contributed by atoms with Crippen molar-refractivity contribution in [3.8, 4) is 11.8 Å². The van der Waals surface area contributed by atoms with Gasteiger partial charge in [0.2, 0.25) is 0 Å². The standard InChI is InChI=1S/C20H19N3O4/c1-3-27-16-10-8-15(9-11-16)23-19(24)14(12-21)13-22-18-7-5-4-6-17(18)20(25)26-2/h4-11,13,22H,3H2,1-2H3,(H,23,24)/b14-13-. The van der Waals surface area contributed by atoms with Crippen LogP contribution in [0.15, 0.2) is 60.3 Å². The minimum atomic E-state index is -0.579. The van der Waals surface area contributed by atoms with Crippen molar-refractivity contribution in [2.45, 2.75) is 6.92 Å². The zero-order valence-electron chi connectivity index (χ0n) is 15.0. The number of nitrogens with zero attached hydrogens (tertiary/aromatic N) is 1. The van der Waals surface area contributed by atoms with Gasteiger partial charge in [-0.1, -0.05) is 12.1 Å². The number of nitrogens with one attached hydrogen (secondary N) is 2. The first kappa shape index (κ1) is 19.5. The number of benzene rings is 2. The molecule has 0 aliphatic heterocycles. The second kappa shape index (κ2) is 9.63. The Kier molecular flexibility index (Phi) is 6.97. The first-order valence-corrected chi connectivity index (χ1v) is 8.17. The summed E-state index contributed by atoms with van der Waals surface area (Å²) in [5.74, 6) is -0.416. The van der Waals surface area contributed by atoms with E-state index in [1.54, 1.807) is 48.5 Å². The van der Waals surface area contributed by atoms with Gasteiger partial charge in [-0.25, -0.2) is 4.79 Å². The fourth-order valence-electron chi connectivity index (χ4n) is 2.20. The number of ether oxygens (including phenoxy) is 2. The van der Waals surface area contributed by atoms with E-state index in [9.17, 15) is 14.9 Å². The highest BCUT2D eigenvalue weighted by atomic mass is 16.5. The van der Waals surface area contributed by atoms with Gasteiger partial charge >= 0.3 is 5.97 Å². The molecule has 0 unspecified atom stereocenters. The first-order valence-electron chi connectivity index (χ1n) is 8.17. The molecule has 2 rings (SSSR count). The molecule has 0 heterocycles. The monoisotopic (exact) mass is 365 g/mol. The van der Waals surface area contributed by atoms with Crippen LogP contribution in [0, 0.1) is 11.3 Å². The predicted molar refractivity (Wildman–Crippen MR) is 101 cm³/mol. The minimum absolute atomic E-state index is 0.149. The number of hydrogen-bond donors (Lipinski definition) is 2. The van der Waals surface area contributed by atoms with Crippen LogP contribution in [0.5, 0.6) is 5.75 Å². The maximum Gasteiger partial charge on any atom is 0.339 e. The van der Waals surface area contributed by atoms with Crippen molar-refractivity contribution in [1.29, 1.82) is 5.26 Å². The Morgan fingerprint density at radius 3 is 2.48 bits per heavy atom. The average molecular weight is 365 g/mol. The molecule has 0 fully saturated rings. The van der Waals surface area contributed by atoms with Crippen LogP contribution in [0.25, 0.3) is 0 Å². The van der Waals surface area contributed by atoms with Gasteiger partial charge in [-0.2, -0.15) is 5.26 Å². The van der Waals surface area contributed by atoms with Crippen LogP contribution in [0.1, 0.15) is 17.3 Å². The highest BCUT2D eigenvalue weighted by Crippen LogP contribution is 2.18. The fraction of sp³-hybridized carbons (Fsp3) is 0.150. The molecule has 7 nitrogen and oxygen atoms in total. The number of para-hydroxylation sites is 1. The number of amides is 1. The SMILES string of the molecule is CCOc1ccc(NC(=O)/C(C#N)=C\Nc2ccccc2C(=O)OC)cc1. The molecule has 2 N–H and O–H groups in total. The minimum Gasteiger partial charge on any atom is -0.494 e. The Bertz CT molecular complexity index is 883. The number of rotatable bonds is 7. The molecule has 2 aromatic carbocycles. The summed E-state index contributed by atoms with van der Waals surface area (Å²) in [4.78, 5) is 24.0. The third kappa shape index (κ3) is 5.34. The van der Waals surface area contributed by atoms with Gasteiger partial charge in [0.15, 0.2) is 0 Å². The molecule has 0 spiro atoms. The lowest BCUT2D eigenvalue weighted by molar-refractivity contribution is -0.112. The molecule has 0 saturated heterocycles. The van der Waals surface area contributed by atoms with Crippen LogP contribution in [0.3, 0.4) is 0 Å². The van der Waals surface area contributed by atoms with Crippen LogP contribution in [-0.2, 0) is 9.53 Å². The van der Waals surface area contributed by atoms with Crippen molar-refractivity contribution in [3.05, 3.63) is 65.9 Å². The lowest BCUT2D eigenvalue weighted by atomic mass is 10.2. The number of hydrogen-bond acceptors (Lipinski definition) is 6. The number of nitriles is 1. The van der Waals surface area contributed by atoms with Crippen molar-refractivity contribution in [3.63, 3.8) is 0 Å². The Morgan fingerprint density at radius 2 is 1.85 bits per heavy atom. The lowest BCUT2D eigenvalue weighted by Gasteiger charge is -2.09. The third-order valence-corrected chi connectivity index (χ3v) is 3.49. The molecular formula is C20H19N3O4. The Morgan fingerprint density at radius 1 is 1.15 bits per heavy atom. The maximum absolute atomic E-state index is 12.3. The van der Waals surface area contributed by atoms with E-state index in [4.69, 9.17) is 9.47 Å². The van der Waals surface area contributed by atoms with Gasteiger partial charge < -0.3 is 20.1 Å². The number of methoxy groups -OCH3 is 1. The molecule has 0 aliphatic carbocycles. The lowest BCUT2D eigenvalue weighted by Crippen LogP contribution is -2.15. The zero-order chi connectivity index (χ0) is 19.6. The summed E-state index contributed by atoms with van der Waals surface area (Å²) in [5.41, 5.74) is 1.09. The van der Waals surface area contributed by atoms with Gasteiger partial charge in [-0.3, -0.25) is 4.79 Å². The van der Waals surface area contributed by atoms with E-state index in [0.717, 1.165) is 0 Å². The molecule has 0 saturated carbocycles. The quantitative estimate of drug-likeness (QED) is 0.443. The summed E-state index contributed by atoms with van der Waals surface area (Å²) in [5, 5.41) is 14.7. The van der Waals surface area contributed by atoms with Gasteiger partial charge in [0.25, 0.3) is 5.91 Å². The second-order valence-electron chi connectivity index (χ2n) is 5.26. The molecule has 0 radical (unpaired) electrons. The highest BCUT2D eigenvalue weighted by molar-refractivity contribution is 6.07. The summed E-state index contributed by atoms with van der Waals surface area (Å²) >= 11 is 0. The van der Waals surface area contributed by atoms with Crippen LogP contribution in [0.2, 0.25) is 0 Å². The Balaban J connectivity index is 2.11. The van der Waals surface area contributed by atoms with Crippen LogP contribution >= 0.6 is 0 Å². The number of carbonyl (C=O) groups excluding carboxylic acids is 2. The Hall–Kier alpha value is -3.79. The summed E-state index contributed by atoms with van der Waals surface area (Å²) in [6.45, 7) is 2.43. The molecule has 1 amide bonds. The van der Waals surface area contributed by atoms with Crippen molar-refractivity contribution in [2.24, 2.45) is 0 Å². The maximum atomic E-state index is 12.3. The molecule has 0 aliphatic rings. The van der Waals surface area contributed by atoms with Gasteiger partial charge in [-0.05, 0) is 43.3 Å². The summed E-state index contributed by atoms with van der Waals surface area (Å²) in [6, 6.07) is 15.3. The van der Waals surface area contributed by atoms with Crippen LogP contribution < -0.4 is 15.4 Å². The topological polar surface area (TPSA) is 100 Å². The van der Waals surface area contributed by atoms with Gasteiger partial charge in [-0.15, -0.1) is 0 Å². The van der Waals surface area contributed by atoms with Crippen molar-refractivity contribution < 1.29 is 19.1 Å². The highest BCUT2D eigenvalue weighted by Gasteiger charge is 2.12. The third-order valence-electron chi connectivity index (χ3n) is 3.49. The number of anilines is 2. The molecular weight excluding hydrogens is 346 g/mol. The summed E-state index contributed by atoms with van der Waals surface area (Å²) in [7, 11) is 1.28. The van der Waals surface area contributed by atoms with E-state index in [0.29, 0.717) is 29.3 Å². The van der Waals surface area contributed by atoms with Crippen LogP contribution in [0.4, 0.5) is 11.4 Å². The molecule has 7 heteroatoms. The summed E-state index contributed by atoms with van der Waals surface area (Å²) in [6.07, 6.45) is 1.24. The molecule has 27 heavy (non-hydrogen) atoms. The molecule has 138 valence electrons. The van der Waals surface area contributed by atoms with Crippen molar-refractivity contribution in [2.75, 3.05) is 24.4 Å². The van der Waals surface area contributed by atoms with Gasteiger partial charge in [0.1, 0.15) is 17.4 Å². The van der Waals surface area contributed by atoms with E-state index in [1.165, 1.54) is 13.3 Å². The van der Waals surface area contributed by atoms with E-state index in [1.807, 2.05) is 13.0 Å². The smallest absolute Gasteiger partial charge is 0.339 e. The van der Waals surface area contributed by atoms with Gasteiger partial charge in [0.05, 0.1) is 25.0 Å². The predicted octanol–water partition coefficient (Wildman–Crippen LogP) is 3.33. The second-order valence-corrected chi connectivity index (χ2v) is 5.26. The van der Waals surface area contributed by atoms with Gasteiger partial charge in [0, 0.05) is 11.9 Å². The zero-order valence-corrected chi connectivity index (χ0v) is 15.0. The fourth-order valence-corrected chi connectivity index (χ4v) is 2.20. The summed E-state index contributed by atoms with van der Waals surface area (Å²) < 4.78 is 10.0. The number of carbonyl (C=O) groups is 2. The van der Waals surface area contributed by atoms with Crippen LogP contribution in [-0.4, -0.2) is 25.6 Å². The molecule has 2 aromatic rings. The average Bonchev–Trinajstić information content (AvgIpc) is 2.70. The Labute approximate surface area is 157 Å². The van der Waals surface area contributed by atoms with E-state index in [2.05, 4.69) is 10.6 Å². The molecule has 0 aromatic heterocycles. The van der Waals surface area contributed by atoms with Crippen molar-refractivity contribution in [1.82, 2.24) is 0 Å².